The van der Waals surface area contributed by atoms with Gasteiger partial charge in [0.1, 0.15) is 10.6 Å². The van der Waals surface area contributed by atoms with E-state index in [2.05, 4.69) is 5.32 Å². The third-order valence-corrected chi connectivity index (χ3v) is 7.70. The Morgan fingerprint density at radius 1 is 1.25 bits per heavy atom. The molecule has 0 aliphatic carbocycles. The Labute approximate surface area is 174 Å². The quantitative estimate of drug-likeness (QED) is 0.769. The molecule has 1 atom stereocenters. The van der Waals surface area contributed by atoms with Gasteiger partial charge in [0, 0.05) is 35.3 Å². The molecule has 1 heterocycles. The third-order valence-electron chi connectivity index (χ3n) is 4.50. The lowest BCUT2D eigenvalue weighted by molar-refractivity contribution is 0.0934. The molecule has 1 amide bonds. The molecule has 0 saturated heterocycles. The number of halogens is 1. The lowest BCUT2D eigenvalue weighted by Crippen LogP contribution is -2.31. The Morgan fingerprint density at radius 2 is 2.00 bits per heavy atom. The first kappa shape index (κ1) is 21.0. The third kappa shape index (κ3) is 4.15. The molecule has 1 aliphatic heterocycles. The molecule has 28 heavy (non-hydrogen) atoms. The van der Waals surface area contributed by atoms with Gasteiger partial charge in [0.05, 0.1) is 13.2 Å². The van der Waals surface area contributed by atoms with Gasteiger partial charge in [-0.05, 0) is 48.4 Å². The molecule has 0 radical (unpaired) electrons. The molecule has 150 valence electrons. The van der Waals surface area contributed by atoms with Crippen LogP contribution in [0.25, 0.3) is 0 Å². The Kier molecular flexibility index (Phi) is 6.24. The normalized spacial score (nSPS) is 16.5. The van der Waals surface area contributed by atoms with Crippen molar-refractivity contribution in [3.05, 3.63) is 52.5 Å². The van der Waals surface area contributed by atoms with E-state index in [0.29, 0.717) is 5.02 Å². The number of carbonyl (C=O) groups is 1. The van der Waals surface area contributed by atoms with Crippen molar-refractivity contribution in [3.8, 4) is 5.75 Å². The number of hydrogen-bond donors (Lipinski definition) is 1. The van der Waals surface area contributed by atoms with Crippen molar-refractivity contribution >= 4 is 39.3 Å². The minimum atomic E-state index is -3.76. The Morgan fingerprint density at radius 3 is 2.68 bits per heavy atom. The van der Waals surface area contributed by atoms with Crippen molar-refractivity contribution in [1.82, 2.24) is 9.62 Å². The minimum absolute atomic E-state index is 0.0460. The van der Waals surface area contributed by atoms with Crippen LogP contribution in [0, 0.1) is 0 Å². The monoisotopic (exact) mass is 440 g/mol. The van der Waals surface area contributed by atoms with Crippen LogP contribution in [0.5, 0.6) is 5.75 Å². The second-order valence-electron chi connectivity index (χ2n) is 6.50. The number of nitrogens with one attached hydrogen (secondary N) is 1. The molecule has 0 spiro atoms. The highest BCUT2D eigenvalue weighted by Gasteiger charge is 2.26. The smallest absolute Gasteiger partial charge is 0.251 e. The van der Waals surface area contributed by atoms with Crippen molar-refractivity contribution < 1.29 is 17.9 Å². The number of thioether (sulfide) groups is 1. The lowest BCUT2D eigenvalue weighted by atomic mass is 10.0. The number of hydrogen-bond acceptors (Lipinski definition) is 5. The molecular formula is C19H21ClN2O4S2. The number of nitrogens with zero attached hydrogens (tertiary/aromatic N) is 1. The SMILES string of the molecule is COc1ccc(C(=O)N[C@@H]2CCSc3ccc(Cl)cc32)cc1S(=O)(=O)N(C)C. The number of carbonyl (C=O) groups excluding carboxylic acids is 1. The topological polar surface area (TPSA) is 75.7 Å². The van der Waals surface area contributed by atoms with Gasteiger partial charge in [0.15, 0.2) is 0 Å². The summed E-state index contributed by atoms with van der Waals surface area (Å²) in [5.74, 6) is 0.722. The van der Waals surface area contributed by atoms with Crippen molar-refractivity contribution in [3.63, 3.8) is 0 Å². The average molecular weight is 441 g/mol. The molecule has 0 bridgehead atoms. The van der Waals surface area contributed by atoms with E-state index in [1.807, 2.05) is 18.2 Å². The summed E-state index contributed by atoms with van der Waals surface area (Å²) in [4.78, 5) is 13.9. The predicted octanol–water partition coefficient (Wildman–Crippen LogP) is 3.57. The summed E-state index contributed by atoms with van der Waals surface area (Å²) in [7, 11) is 0.502. The molecule has 1 aliphatic rings. The van der Waals surface area contributed by atoms with E-state index in [1.54, 1.807) is 17.8 Å². The van der Waals surface area contributed by atoms with Crippen molar-refractivity contribution in [2.45, 2.75) is 22.3 Å². The molecule has 0 unspecified atom stereocenters. The van der Waals surface area contributed by atoms with Crippen LogP contribution in [-0.4, -0.2) is 45.6 Å². The van der Waals surface area contributed by atoms with Gasteiger partial charge in [-0.3, -0.25) is 4.79 Å². The van der Waals surface area contributed by atoms with Crippen LogP contribution >= 0.6 is 23.4 Å². The summed E-state index contributed by atoms with van der Waals surface area (Å²) in [6.45, 7) is 0. The second kappa shape index (κ2) is 8.32. The first-order valence-corrected chi connectivity index (χ1v) is 11.4. The van der Waals surface area contributed by atoms with Gasteiger partial charge >= 0.3 is 0 Å². The zero-order chi connectivity index (χ0) is 20.5. The number of rotatable bonds is 5. The van der Waals surface area contributed by atoms with Crippen LogP contribution in [0.1, 0.15) is 28.4 Å². The largest absolute Gasteiger partial charge is 0.495 e. The zero-order valence-electron chi connectivity index (χ0n) is 15.7. The van der Waals surface area contributed by atoms with Gasteiger partial charge < -0.3 is 10.1 Å². The number of benzene rings is 2. The average Bonchev–Trinajstić information content (AvgIpc) is 2.67. The van der Waals surface area contributed by atoms with E-state index >= 15 is 0 Å². The fourth-order valence-corrected chi connectivity index (χ4v) is 5.33. The molecule has 3 rings (SSSR count). The molecule has 9 heteroatoms. The summed E-state index contributed by atoms with van der Waals surface area (Å²) in [6.07, 6.45) is 0.767. The van der Waals surface area contributed by atoms with Crippen LogP contribution < -0.4 is 10.1 Å². The number of ether oxygens (including phenoxy) is 1. The number of sulfonamides is 1. The highest BCUT2D eigenvalue weighted by molar-refractivity contribution is 7.99. The molecular weight excluding hydrogens is 420 g/mol. The first-order chi connectivity index (χ1) is 13.2. The van der Waals surface area contributed by atoms with Gasteiger partial charge in [0.25, 0.3) is 5.91 Å². The lowest BCUT2D eigenvalue weighted by Gasteiger charge is -2.26. The maximum absolute atomic E-state index is 12.9. The Hall–Kier alpha value is -1.74. The fraction of sp³-hybridized carbons (Fsp3) is 0.316. The summed E-state index contributed by atoms with van der Waals surface area (Å²) >= 11 is 7.85. The first-order valence-electron chi connectivity index (χ1n) is 8.57. The maximum Gasteiger partial charge on any atom is 0.251 e. The second-order valence-corrected chi connectivity index (χ2v) is 10.2. The molecule has 6 nitrogen and oxygen atoms in total. The minimum Gasteiger partial charge on any atom is -0.495 e. The van der Waals surface area contributed by atoms with Crippen LogP contribution in [0.3, 0.4) is 0 Å². The zero-order valence-corrected chi connectivity index (χ0v) is 18.1. The summed E-state index contributed by atoms with van der Waals surface area (Å²) in [5, 5.41) is 3.62. The Balaban J connectivity index is 1.92. The van der Waals surface area contributed by atoms with E-state index in [1.165, 1.54) is 33.3 Å². The van der Waals surface area contributed by atoms with E-state index in [9.17, 15) is 13.2 Å². The van der Waals surface area contributed by atoms with Gasteiger partial charge in [-0.2, -0.15) is 0 Å². The molecule has 2 aromatic rings. The highest BCUT2D eigenvalue weighted by Crippen LogP contribution is 2.37. The van der Waals surface area contributed by atoms with Gasteiger partial charge in [-0.1, -0.05) is 11.6 Å². The molecule has 1 N–H and O–H groups in total. The Bertz CT molecular complexity index is 1010. The maximum atomic E-state index is 12.9. The number of fused-ring (bicyclic) bond motifs is 1. The van der Waals surface area contributed by atoms with Gasteiger partial charge in [-0.25, -0.2) is 12.7 Å². The fourth-order valence-electron chi connectivity index (χ4n) is 2.97. The van der Waals surface area contributed by atoms with E-state index in [0.717, 1.165) is 26.9 Å². The van der Waals surface area contributed by atoms with E-state index < -0.39 is 10.0 Å². The van der Waals surface area contributed by atoms with Crippen LogP contribution in [0.15, 0.2) is 46.2 Å². The summed E-state index contributed by atoms with van der Waals surface area (Å²) in [5.41, 5.74) is 1.23. The van der Waals surface area contributed by atoms with Gasteiger partial charge in [0.2, 0.25) is 10.0 Å². The van der Waals surface area contributed by atoms with Crippen LogP contribution in [0.2, 0.25) is 5.02 Å². The molecule has 0 fully saturated rings. The highest BCUT2D eigenvalue weighted by atomic mass is 35.5. The molecule has 0 saturated carbocycles. The van der Waals surface area contributed by atoms with Crippen LogP contribution in [-0.2, 0) is 10.0 Å². The van der Waals surface area contributed by atoms with Crippen molar-refractivity contribution in [2.24, 2.45) is 0 Å². The summed E-state index contributed by atoms with van der Waals surface area (Å²) in [6, 6.07) is 9.86. The van der Waals surface area contributed by atoms with Crippen molar-refractivity contribution in [1.29, 1.82) is 0 Å². The standard InChI is InChI=1S/C19H21ClN2O4S2/c1-22(2)28(24,25)18-10-12(4-6-16(18)26-3)19(23)21-15-8-9-27-17-7-5-13(20)11-14(15)17/h4-7,10-11,15H,8-9H2,1-3H3,(H,21,23)/t15-/m1/s1. The number of amides is 1. The van der Waals surface area contributed by atoms with Crippen LogP contribution in [0.4, 0.5) is 0 Å². The van der Waals surface area contributed by atoms with Crippen molar-refractivity contribution in [2.75, 3.05) is 27.0 Å². The van der Waals surface area contributed by atoms with E-state index in [4.69, 9.17) is 16.3 Å². The molecule has 0 aromatic heterocycles. The van der Waals surface area contributed by atoms with E-state index in [-0.39, 0.29) is 28.2 Å². The molecule has 2 aromatic carbocycles. The predicted molar refractivity (Wildman–Crippen MR) is 111 cm³/mol. The summed E-state index contributed by atoms with van der Waals surface area (Å²) < 4.78 is 31.4. The number of methoxy groups -OCH3 is 1. The van der Waals surface area contributed by atoms with Gasteiger partial charge in [-0.15, -0.1) is 11.8 Å².